The number of thioether (sulfide) groups is 2. The Balaban J connectivity index is 1.66. The molecule has 0 aromatic rings. The fraction of sp³-hybridized carbons (Fsp3) is 0.938. The van der Waals surface area contributed by atoms with Crippen molar-refractivity contribution in [3.63, 3.8) is 0 Å². The highest BCUT2D eigenvalue weighted by Gasteiger charge is 2.44. The maximum Gasteiger partial charge on any atom is 0.150 e. The smallest absolute Gasteiger partial charge is 0.150 e. The van der Waals surface area contributed by atoms with Crippen molar-refractivity contribution in [1.29, 1.82) is 0 Å². The second-order valence-electron chi connectivity index (χ2n) is 6.34. The molecular weight excluding hydrogens is 304 g/mol. The van der Waals surface area contributed by atoms with Gasteiger partial charge in [-0.3, -0.25) is 4.79 Å². The van der Waals surface area contributed by atoms with Crippen LogP contribution in [-0.4, -0.2) is 53.2 Å². The molecular formula is C16H26O3S2. The third-order valence-electron chi connectivity index (χ3n) is 5.03. The molecule has 3 unspecified atom stereocenters. The summed E-state index contributed by atoms with van der Waals surface area (Å²) in [5.74, 6) is 3.04. The molecule has 0 aromatic heterocycles. The molecule has 3 atom stereocenters. The largest absolute Gasteiger partial charge is 0.381 e. The Labute approximate surface area is 136 Å². The van der Waals surface area contributed by atoms with Crippen LogP contribution < -0.4 is 0 Å². The van der Waals surface area contributed by atoms with Gasteiger partial charge in [0.15, 0.2) is 0 Å². The fourth-order valence-corrected chi connectivity index (χ4v) is 6.87. The minimum Gasteiger partial charge on any atom is -0.381 e. The van der Waals surface area contributed by atoms with Gasteiger partial charge < -0.3 is 9.47 Å². The average molecular weight is 331 g/mol. The van der Waals surface area contributed by atoms with Gasteiger partial charge in [-0.25, -0.2) is 0 Å². The third-order valence-corrected chi connectivity index (χ3v) is 8.30. The SMILES string of the molecule is CCC1SCCSC1C(=O)C1CCOC2(CCOCC2)C1. The molecule has 0 aromatic carbocycles. The summed E-state index contributed by atoms with van der Waals surface area (Å²) >= 11 is 3.89. The van der Waals surface area contributed by atoms with Crippen molar-refractivity contribution in [2.75, 3.05) is 31.3 Å². The lowest BCUT2D eigenvalue weighted by molar-refractivity contribution is -0.156. The number of ketones is 1. The van der Waals surface area contributed by atoms with E-state index in [-0.39, 0.29) is 16.8 Å². The first kappa shape index (κ1) is 16.2. The van der Waals surface area contributed by atoms with Crippen molar-refractivity contribution in [3.05, 3.63) is 0 Å². The number of ether oxygens (including phenoxy) is 2. The number of carbonyl (C=O) groups excluding carboxylic acids is 1. The summed E-state index contributed by atoms with van der Waals surface area (Å²) in [4.78, 5) is 13.0. The molecule has 0 radical (unpaired) electrons. The van der Waals surface area contributed by atoms with Crippen LogP contribution in [0.1, 0.15) is 39.0 Å². The second kappa shape index (κ2) is 7.24. The predicted octanol–water partition coefficient (Wildman–Crippen LogP) is 3.16. The van der Waals surface area contributed by atoms with Gasteiger partial charge in [0.05, 0.1) is 10.9 Å². The van der Waals surface area contributed by atoms with Gasteiger partial charge in [0.1, 0.15) is 5.78 Å². The highest BCUT2D eigenvalue weighted by molar-refractivity contribution is 8.07. The van der Waals surface area contributed by atoms with Gasteiger partial charge in [0.2, 0.25) is 0 Å². The van der Waals surface area contributed by atoms with Gasteiger partial charge in [-0.1, -0.05) is 6.92 Å². The van der Waals surface area contributed by atoms with Crippen LogP contribution in [-0.2, 0) is 14.3 Å². The van der Waals surface area contributed by atoms with Crippen LogP contribution in [0.3, 0.4) is 0 Å². The Morgan fingerprint density at radius 1 is 1.19 bits per heavy atom. The average Bonchev–Trinajstić information content (AvgIpc) is 2.55. The van der Waals surface area contributed by atoms with Crippen LogP contribution in [0.5, 0.6) is 0 Å². The Bertz CT molecular complexity index is 363. The summed E-state index contributed by atoms with van der Waals surface area (Å²) in [6.07, 6.45) is 4.87. The quantitative estimate of drug-likeness (QED) is 0.794. The summed E-state index contributed by atoms with van der Waals surface area (Å²) in [7, 11) is 0. The maximum absolute atomic E-state index is 13.0. The van der Waals surface area contributed by atoms with E-state index < -0.39 is 0 Å². The van der Waals surface area contributed by atoms with Crippen molar-refractivity contribution in [2.24, 2.45) is 5.92 Å². The molecule has 3 aliphatic rings. The molecule has 21 heavy (non-hydrogen) atoms. The standard InChI is InChI=1S/C16H26O3S2/c1-2-13-15(21-10-9-20-13)14(17)12-3-6-19-16(11-12)4-7-18-8-5-16/h12-13,15H,2-11H2,1H3. The first-order chi connectivity index (χ1) is 10.2. The highest BCUT2D eigenvalue weighted by atomic mass is 32.2. The van der Waals surface area contributed by atoms with E-state index in [0.29, 0.717) is 11.0 Å². The van der Waals surface area contributed by atoms with Gasteiger partial charge in [-0.2, -0.15) is 11.8 Å². The first-order valence-corrected chi connectivity index (χ1v) is 10.3. The Morgan fingerprint density at radius 3 is 2.71 bits per heavy atom. The van der Waals surface area contributed by atoms with Crippen LogP contribution in [0.15, 0.2) is 0 Å². The number of hydrogen-bond acceptors (Lipinski definition) is 5. The zero-order valence-electron chi connectivity index (χ0n) is 12.8. The summed E-state index contributed by atoms with van der Waals surface area (Å²) in [5, 5.41) is 0.735. The topological polar surface area (TPSA) is 35.5 Å². The van der Waals surface area contributed by atoms with Crippen LogP contribution in [0.2, 0.25) is 0 Å². The summed E-state index contributed by atoms with van der Waals surface area (Å²) in [5.41, 5.74) is -0.0645. The van der Waals surface area contributed by atoms with Gasteiger partial charge in [-0.05, 0) is 32.1 Å². The van der Waals surface area contributed by atoms with E-state index in [2.05, 4.69) is 6.92 Å². The number of hydrogen-bond donors (Lipinski definition) is 0. The van der Waals surface area contributed by atoms with Crippen molar-refractivity contribution in [1.82, 2.24) is 0 Å². The minimum absolute atomic E-state index is 0.0645. The molecule has 3 rings (SSSR count). The molecule has 1 spiro atoms. The molecule has 120 valence electrons. The summed E-state index contributed by atoms with van der Waals surface area (Å²) in [6.45, 7) is 4.53. The zero-order valence-corrected chi connectivity index (χ0v) is 14.5. The van der Waals surface area contributed by atoms with Crippen LogP contribution >= 0.6 is 23.5 Å². The van der Waals surface area contributed by atoms with Crippen molar-refractivity contribution in [2.45, 2.75) is 55.1 Å². The lowest BCUT2D eigenvalue weighted by atomic mass is 9.78. The lowest BCUT2D eigenvalue weighted by Gasteiger charge is -2.44. The molecule has 3 heterocycles. The van der Waals surface area contributed by atoms with E-state index in [9.17, 15) is 4.79 Å². The Hall–Kier alpha value is 0.290. The van der Waals surface area contributed by atoms with E-state index in [0.717, 1.165) is 57.7 Å². The van der Waals surface area contributed by atoms with Gasteiger partial charge in [0, 0.05) is 42.5 Å². The molecule has 3 saturated heterocycles. The molecule has 0 N–H and O–H groups in total. The molecule has 0 saturated carbocycles. The lowest BCUT2D eigenvalue weighted by Crippen LogP contribution is -2.48. The van der Waals surface area contributed by atoms with Crippen molar-refractivity contribution >= 4 is 29.3 Å². The molecule has 5 heteroatoms. The van der Waals surface area contributed by atoms with Gasteiger partial charge in [0.25, 0.3) is 0 Å². The van der Waals surface area contributed by atoms with E-state index in [4.69, 9.17) is 9.47 Å². The number of carbonyl (C=O) groups is 1. The van der Waals surface area contributed by atoms with E-state index >= 15 is 0 Å². The van der Waals surface area contributed by atoms with E-state index in [1.54, 1.807) is 0 Å². The second-order valence-corrected chi connectivity index (χ2v) is 8.94. The Morgan fingerprint density at radius 2 is 1.95 bits per heavy atom. The van der Waals surface area contributed by atoms with E-state index in [1.807, 2.05) is 23.5 Å². The molecule has 0 amide bonds. The predicted molar refractivity (Wildman–Crippen MR) is 89.3 cm³/mol. The molecule has 0 aliphatic carbocycles. The molecule has 3 nitrogen and oxygen atoms in total. The zero-order chi connectivity index (χ0) is 14.7. The highest BCUT2D eigenvalue weighted by Crippen LogP contribution is 2.41. The van der Waals surface area contributed by atoms with Crippen molar-refractivity contribution < 1.29 is 14.3 Å². The third kappa shape index (κ3) is 3.62. The molecule has 3 fully saturated rings. The molecule has 3 aliphatic heterocycles. The van der Waals surface area contributed by atoms with Crippen LogP contribution in [0.4, 0.5) is 0 Å². The van der Waals surface area contributed by atoms with Crippen molar-refractivity contribution in [3.8, 4) is 0 Å². The van der Waals surface area contributed by atoms with Crippen LogP contribution in [0, 0.1) is 5.92 Å². The number of Topliss-reactive ketones (excluding diaryl/α,β-unsaturated/α-hetero) is 1. The van der Waals surface area contributed by atoms with Gasteiger partial charge in [-0.15, -0.1) is 11.8 Å². The first-order valence-electron chi connectivity index (χ1n) is 8.23. The maximum atomic E-state index is 13.0. The Kier molecular flexibility index (Phi) is 5.57. The fourth-order valence-electron chi connectivity index (χ4n) is 3.76. The van der Waals surface area contributed by atoms with Crippen LogP contribution in [0.25, 0.3) is 0 Å². The number of rotatable bonds is 3. The van der Waals surface area contributed by atoms with Gasteiger partial charge >= 0.3 is 0 Å². The summed E-state index contributed by atoms with van der Waals surface area (Å²) < 4.78 is 11.6. The molecule has 0 bridgehead atoms. The minimum atomic E-state index is -0.0645. The monoisotopic (exact) mass is 330 g/mol. The summed E-state index contributed by atoms with van der Waals surface area (Å²) in [6, 6.07) is 0. The van der Waals surface area contributed by atoms with E-state index in [1.165, 1.54) is 5.75 Å². The normalized spacial score (nSPS) is 36.5.